The highest BCUT2D eigenvalue weighted by Crippen LogP contribution is 2.44. The third kappa shape index (κ3) is 5.37. The number of benzene rings is 3. The van der Waals surface area contributed by atoms with Crippen LogP contribution in [0.4, 0.5) is 9.18 Å². The zero-order valence-electron chi connectivity index (χ0n) is 22.7. The number of nitrogens with one attached hydrogen (secondary N) is 1. The fourth-order valence-corrected chi connectivity index (χ4v) is 5.02. The highest BCUT2D eigenvalue weighted by molar-refractivity contribution is 6.56. The number of hydrogen-bond donors (Lipinski definition) is 2. The van der Waals surface area contributed by atoms with Gasteiger partial charge in [0, 0.05) is 18.0 Å². The predicted octanol–water partition coefficient (Wildman–Crippen LogP) is 5.87. The van der Waals surface area contributed by atoms with E-state index >= 15 is 0 Å². The number of carbonyl (C=O) groups is 1. The predicted molar refractivity (Wildman–Crippen MR) is 149 cm³/mol. The van der Waals surface area contributed by atoms with Crippen molar-refractivity contribution in [1.82, 2.24) is 5.32 Å². The molecule has 0 atom stereocenters. The summed E-state index contributed by atoms with van der Waals surface area (Å²) in [6.07, 6.45) is 1.00. The lowest BCUT2D eigenvalue weighted by molar-refractivity contribution is 0.00578. The number of hydrogen-bond acceptors (Lipinski definition) is 5. The molecule has 8 heteroatoms. The Labute approximate surface area is 228 Å². The number of rotatable bonds is 7. The van der Waals surface area contributed by atoms with Crippen molar-refractivity contribution in [1.29, 1.82) is 0 Å². The largest absolute Gasteiger partial charge is 0.492 e. The van der Waals surface area contributed by atoms with Gasteiger partial charge < -0.3 is 24.5 Å². The number of aliphatic hydroxyl groups is 1. The maximum Gasteiger partial charge on any atom is 0.492 e. The Hall–Kier alpha value is -3.46. The van der Waals surface area contributed by atoms with E-state index in [1.54, 1.807) is 12.1 Å². The van der Waals surface area contributed by atoms with E-state index in [-0.39, 0.29) is 31.2 Å². The molecule has 3 aromatic carbocycles. The molecule has 1 heterocycles. The van der Waals surface area contributed by atoms with E-state index in [9.17, 15) is 14.3 Å². The van der Waals surface area contributed by atoms with Crippen LogP contribution in [-0.4, -0.2) is 42.7 Å². The molecule has 39 heavy (non-hydrogen) atoms. The highest BCUT2D eigenvalue weighted by Gasteiger charge is 2.52. The Kier molecular flexibility index (Phi) is 7.38. The molecule has 0 unspecified atom stereocenters. The van der Waals surface area contributed by atoms with Crippen LogP contribution < -0.4 is 5.32 Å². The van der Waals surface area contributed by atoms with Crippen LogP contribution in [0.15, 0.2) is 72.2 Å². The summed E-state index contributed by atoms with van der Waals surface area (Å²) >= 11 is 0. The Bertz CT molecular complexity index is 1360. The first kappa shape index (κ1) is 27.1. The first-order valence-corrected chi connectivity index (χ1v) is 13.1. The fourth-order valence-electron chi connectivity index (χ4n) is 5.02. The molecule has 3 aromatic rings. The summed E-state index contributed by atoms with van der Waals surface area (Å²) in [5, 5.41) is 12.3. The van der Waals surface area contributed by atoms with E-state index in [2.05, 4.69) is 29.6 Å². The van der Waals surface area contributed by atoms with Gasteiger partial charge in [-0.2, -0.15) is 0 Å². The van der Waals surface area contributed by atoms with E-state index in [1.807, 2.05) is 52.0 Å². The van der Waals surface area contributed by atoms with Crippen molar-refractivity contribution >= 4 is 19.3 Å². The van der Waals surface area contributed by atoms with Crippen molar-refractivity contribution in [2.75, 3.05) is 13.2 Å². The summed E-state index contributed by atoms with van der Waals surface area (Å²) in [6.45, 7) is 7.70. The summed E-state index contributed by atoms with van der Waals surface area (Å²) < 4.78 is 32.7. The van der Waals surface area contributed by atoms with Crippen molar-refractivity contribution in [2.24, 2.45) is 0 Å². The lowest BCUT2D eigenvalue weighted by atomic mass is 9.77. The van der Waals surface area contributed by atoms with Crippen LogP contribution in [0.1, 0.15) is 55.9 Å². The molecule has 0 bridgehead atoms. The van der Waals surface area contributed by atoms with Gasteiger partial charge in [0.05, 0.1) is 17.8 Å². The smallest absolute Gasteiger partial charge is 0.449 e. The molecular weight excluding hydrogens is 496 g/mol. The topological polar surface area (TPSA) is 77.0 Å². The number of carbonyl (C=O) groups excluding carboxylic acids is 1. The number of fused-ring (bicyclic) bond motifs is 3. The summed E-state index contributed by atoms with van der Waals surface area (Å²) in [5.41, 5.74) is 4.68. The summed E-state index contributed by atoms with van der Waals surface area (Å²) in [6, 6.07) is 20.7. The number of ether oxygens (including phenoxy) is 1. The zero-order valence-corrected chi connectivity index (χ0v) is 22.7. The van der Waals surface area contributed by atoms with Gasteiger partial charge in [-0.3, -0.25) is 0 Å². The molecule has 5 rings (SSSR count). The first-order valence-electron chi connectivity index (χ1n) is 13.1. The van der Waals surface area contributed by atoms with Crippen molar-refractivity contribution in [2.45, 2.75) is 51.4 Å². The van der Waals surface area contributed by atoms with Gasteiger partial charge in [0.15, 0.2) is 0 Å². The van der Waals surface area contributed by atoms with Crippen molar-refractivity contribution in [3.63, 3.8) is 0 Å². The second kappa shape index (κ2) is 10.6. The van der Waals surface area contributed by atoms with Gasteiger partial charge in [0.2, 0.25) is 0 Å². The van der Waals surface area contributed by atoms with Crippen LogP contribution in [0.5, 0.6) is 0 Å². The summed E-state index contributed by atoms with van der Waals surface area (Å²) in [4.78, 5) is 12.9. The Morgan fingerprint density at radius 1 is 1.00 bits per heavy atom. The molecule has 1 aliphatic carbocycles. The van der Waals surface area contributed by atoms with Crippen LogP contribution in [-0.2, 0) is 20.7 Å². The molecule has 0 saturated carbocycles. The van der Waals surface area contributed by atoms with Gasteiger partial charge in [-0.15, -0.1) is 0 Å². The molecule has 0 spiro atoms. The Balaban J connectivity index is 1.32. The minimum atomic E-state index is -0.805. The van der Waals surface area contributed by atoms with E-state index < -0.39 is 30.2 Å². The second-order valence-corrected chi connectivity index (χ2v) is 11.0. The van der Waals surface area contributed by atoms with Gasteiger partial charge in [-0.05, 0) is 73.1 Å². The van der Waals surface area contributed by atoms with E-state index in [1.165, 1.54) is 12.1 Å². The van der Waals surface area contributed by atoms with Crippen LogP contribution in [0.3, 0.4) is 0 Å². The first-order chi connectivity index (χ1) is 18.6. The number of alkyl carbamates (subject to hydrolysis) is 1. The second-order valence-electron chi connectivity index (χ2n) is 11.0. The lowest BCUT2D eigenvalue weighted by Gasteiger charge is -2.32. The van der Waals surface area contributed by atoms with Crippen LogP contribution in [0, 0.1) is 5.82 Å². The minimum absolute atomic E-state index is 0.0241. The molecule has 6 nitrogen and oxygen atoms in total. The van der Waals surface area contributed by atoms with Gasteiger partial charge >= 0.3 is 13.2 Å². The number of aliphatic hydroxyl groups excluding tert-OH is 1. The van der Waals surface area contributed by atoms with Crippen LogP contribution >= 0.6 is 0 Å². The molecule has 1 aliphatic heterocycles. The molecule has 1 saturated heterocycles. The third-order valence-electron chi connectivity index (χ3n) is 7.92. The van der Waals surface area contributed by atoms with E-state index in [0.717, 1.165) is 22.3 Å². The zero-order chi connectivity index (χ0) is 27.8. The normalized spacial score (nSPS) is 17.6. The molecule has 2 aliphatic rings. The van der Waals surface area contributed by atoms with Gasteiger partial charge in [-0.25, -0.2) is 9.18 Å². The summed E-state index contributed by atoms with van der Waals surface area (Å²) in [5.74, 6) is -0.515. The van der Waals surface area contributed by atoms with E-state index in [0.29, 0.717) is 11.0 Å². The molecule has 1 amide bonds. The highest BCUT2D eigenvalue weighted by atomic mass is 19.1. The molecule has 1 fully saturated rings. The molecule has 0 radical (unpaired) electrons. The minimum Gasteiger partial charge on any atom is -0.449 e. The third-order valence-corrected chi connectivity index (χ3v) is 7.92. The quantitative estimate of drug-likeness (QED) is 0.375. The number of halogens is 1. The van der Waals surface area contributed by atoms with Crippen molar-refractivity contribution in [3.05, 3.63) is 100 Å². The average molecular weight is 529 g/mol. The molecule has 0 aromatic heterocycles. The lowest BCUT2D eigenvalue weighted by Crippen LogP contribution is -2.41. The van der Waals surface area contributed by atoms with Gasteiger partial charge in [0.1, 0.15) is 12.4 Å². The number of amides is 1. The molecule has 2 N–H and O–H groups in total. The molecular formula is C31H33BFNO5. The maximum atomic E-state index is 14.7. The molecule has 202 valence electrons. The Morgan fingerprint density at radius 3 is 2.18 bits per heavy atom. The fraction of sp³-hybridized carbons (Fsp3) is 0.323. The van der Waals surface area contributed by atoms with Gasteiger partial charge in [-0.1, -0.05) is 60.7 Å². The summed E-state index contributed by atoms with van der Waals surface area (Å²) in [7, 11) is -0.805. The van der Waals surface area contributed by atoms with E-state index in [4.69, 9.17) is 14.0 Å². The van der Waals surface area contributed by atoms with Crippen LogP contribution in [0.2, 0.25) is 0 Å². The van der Waals surface area contributed by atoms with Gasteiger partial charge in [0.25, 0.3) is 0 Å². The average Bonchev–Trinajstić information content (AvgIpc) is 3.35. The monoisotopic (exact) mass is 529 g/mol. The van der Waals surface area contributed by atoms with Crippen LogP contribution in [0.25, 0.3) is 17.2 Å². The SMILES string of the molecule is CC1(C)OB(C(=Cc2cc(CO)ccc2F)CNC(=O)OCC2c3ccccc3-c3ccccc32)OC1(C)C. The van der Waals surface area contributed by atoms with Crippen molar-refractivity contribution in [3.8, 4) is 11.1 Å². The van der Waals surface area contributed by atoms with Crippen molar-refractivity contribution < 1.29 is 28.3 Å². The Morgan fingerprint density at radius 2 is 1.59 bits per heavy atom. The standard InChI is InChI=1S/C31H33BFNO5/c1-30(2)31(3,4)39-32(38-30)22(16-21-15-20(18-35)13-14-28(21)33)17-34-29(36)37-19-27-25-11-7-5-9-23(25)24-10-6-8-12-26(24)27/h5-16,27,35H,17-19H2,1-4H3,(H,34,36). The maximum absolute atomic E-state index is 14.7.